The second-order valence-corrected chi connectivity index (χ2v) is 7.11. The third kappa shape index (κ3) is 3.06. The van der Waals surface area contributed by atoms with E-state index >= 15 is 0 Å². The van der Waals surface area contributed by atoms with Gasteiger partial charge in [0, 0.05) is 16.1 Å². The third-order valence-electron chi connectivity index (χ3n) is 3.61. The Morgan fingerprint density at radius 3 is 2.58 bits per heavy atom. The highest BCUT2D eigenvalue weighted by molar-refractivity contribution is 7.80. The first-order valence-corrected chi connectivity index (χ1v) is 8.91. The number of thiocarbonyl (C=S) groups is 1. The second-order valence-electron chi connectivity index (χ2n) is 5.24. The molecule has 2 N–H and O–H groups in total. The molecule has 4 rings (SSSR count). The fourth-order valence-electron chi connectivity index (χ4n) is 2.51. The van der Waals surface area contributed by atoms with Gasteiger partial charge in [-0.15, -0.1) is 0 Å². The summed E-state index contributed by atoms with van der Waals surface area (Å²) in [4.78, 5) is 4.70. The quantitative estimate of drug-likeness (QED) is 0.430. The zero-order valence-electron chi connectivity index (χ0n) is 12.4. The molecule has 3 nitrogen and oxygen atoms in total. The fourth-order valence-corrected chi connectivity index (χ4v) is 3.80. The molecule has 0 atom stereocenters. The smallest absolute Gasteiger partial charge is 0.190 e. The van der Waals surface area contributed by atoms with Gasteiger partial charge >= 0.3 is 0 Å². The van der Waals surface area contributed by atoms with Crippen LogP contribution in [0.25, 0.3) is 21.0 Å². The highest BCUT2D eigenvalue weighted by Crippen LogP contribution is 2.31. The Kier molecular flexibility index (Phi) is 4.06. The van der Waals surface area contributed by atoms with E-state index in [-0.39, 0.29) is 0 Å². The zero-order chi connectivity index (χ0) is 16.5. The average molecular weight is 370 g/mol. The summed E-state index contributed by atoms with van der Waals surface area (Å²) < 4.78 is 1.13. The van der Waals surface area contributed by atoms with Crippen LogP contribution < -0.4 is 10.6 Å². The van der Waals surface area contributed by atoms with Gasteiger partial charge in [0.05, 0.1) is 10.2 Å². The minimum atomic E-state index is 0.501. The Labute approximate surface area is 153 Å². The van der Waals surface area contributed by atoms with Gasteiger partial charge in [0.2, 0.25) is 0 Å². The zero-order valence-corrected chi connectivity index (χ0v) is 14.8. The number of hydrogen-bond acceptors (Lipinski definition) is 3. The lowest BCUT2D eigenvalue weighted by molar-refractivity contribution is 1.48. The Bertz CT molecular complexity index is 1040. The van der Waals surface area contributed by atoms with E-state index in [9.17, 15) is 0 Å². The number of hydrogen-bond donors (Lipinski definition) is 2. The lowest BCUT2D eigenvalue weighted by atomic mass is 10.1. The number of nitrogens with zero attached hydrogens (tertiary/aromatic N) is 1. The lowest BCUT2D eigenvalue weighted by Crippen LogP contribution is -2.18. The molecule has 24 heavy (non-hydrogen) atoms. The number of benzene rings is 3. The first-order valence-electron chi connectivity index (χ1n) is 7.31. The number of fused-ring (bicyclic) bond motifs is 3. The minimum Gasteiger partial charge on any atom is -0.332 e. The van der Waals surface area contributed by atoms with Gasteiger partial charge in [0.1, 0.15) is 0 Å². The van der Waals surface area contributed by atoms with E-state index in [1.807, 2.05) is 36.4 Å². The molecule has 0 bridgehead atoms. The highest BCUT2D eigenvalue weighted by Gasteiger charge is 2.08. The van der Waals surface area contributed by atoms with E-state index in [4.69, 9.17) is 28.8 Å². The Balaban J connectivity index is 1.59. The standard InChI is InChI=1S/C18H12ClN3S2/c19-12-6-8-13(9-7-12)20-17(23)22-18-21-16-14-4-2-1-3-11(14)5-10-15(16)24-18/h1-10H,(H2,20,21,22,23). The monoisotopic (exact) mass is 369 g/mol. The van der Waals surface area contributed by atoms with E-state index in [1.165, 1.54) is 5.39 Å². The second kappa shape index (κ2) is 6.36. The summed E-state index contributed by atoms with van der Waals surface area (Å²) in [6, 6.07) is 19.8. The first-order chi connectivity index (χ1) is 11.7. The van der Waals surface area contributed by atoms with Gasteiger partial charge < -0.3 is 10.6 Å². The molecule has 1 aromatic heterocycles. The molecule has 118 valence electrons. The number of halogens is 1. The van der Waals surface area contributed by atoms with Gasteiger partial charge in [-0.2, -0.15) is 0 Å². The van der Waals surface area contributed by atoms with Crippen LogP contribution in [0.2, 0.25) is 5.02 Å². The van der Waals surface area contributed by atoms with Crippen molar-refractivity contribution < 1.29 is 0 Å². The maximum absolute atomic E-state index is 5.89. The van der Waals surface area contributed by atoms with Crippen molar-refractivity contribution in [2.45, 2.75) is 0 Å². The predicted molar refractivity (Wildman–Crippen MR) is 108 cm³/mol. The van der Waals surface area contributed by atoms with Gasteiger partial charge in [-0.25, -0.2) is 4.98 Å². The van der Waals surface area contributed by atoms with Crippen LogP contribution in [0, 0.1) is 0 Å². The fraction of sp³-hybridized carbons (Fsp3) is 0. The number of aromatic nitrogens is 1. The Morgan fingerprint density at radius 1 is 0.958 bits per heavy atom. The van der Waals surface area contributed by atoms with Crippen molar-refractivity contribution >= 4 is 72.1 Å². The van der Waals surface area contributed by atoms with E-state index in [0.29, 0.717) is 10.1 Å². The number of thiazole rings is 1. The SMILES string of the molecule is S=C(Nc1ccc(Cl)cc1)Nc1nc2c(ccc3ccccc32)s1. The summed E-state index contributed by atoms with van der Waals surface area (Å²) in [5.41, 5.74) is 1.87. The van der Waals surface area contributed by atoms with Gasteiger partial charge in [-0.3, -0.25) is 0 Å². The van der Waals surface area contributed by atoms with Crippen molar-refractivity contribution in [3.63, 3.8) is 0 Å². The van der Waals surface area contributed by atoms with Crippen LogP contribution in [0.1, 0.15) is 0 Å². The van der Waals surface area contributed by atoms with Gasteiger partial charge in [0.25, 0.3) is 0 Å². The molecular weight excluding hydrogens is 358 g/mol. The normalized spacial score (nSPS) is 10.9. The molecule has 6 heteroatoms. The topological polar surface area (TPSA) is 37.0 Å². The summed E-state index contributed by atoms with van der Waals surface area (Å²) >= 11 is 12.8. The molecule has 0 aliphatic rings. The lowest BCUT2D eigenvalue weighted by Gasteiger charge is -2.07. The van der Waals surface area contributed by atoms with Crippen LogP contribution in [0.5, 0.6) is 0 Å². The van der Waals surface area contributed by atoms with Gasteiger partial charge in [0.15, 0.2) is 10.2 Å². The summed E-state index contributed by atoms with van der Waals surface area (Å²) in [6.07, 6.45) is 0. The van der Waals surface area contributed by atoms with Gasteiger partial charge in [-0.1, -0.05) is 53.3 Å². The average Bonchev–Trinajstić information content (AvgIpc) is 2.99. The number of rotatable bonds is 2. The molecule has 0 fully saturated rings. The molecule has 0 unspecified atom stereocenters. The molecule has 0 radical (unpaired) electrons. The van der Waals surface area contributed by atoms with Crippen LogP contribution >= 0.6 is 35.2 Å². The first kappa shape index (κ1) is 15.3. The van der Waals surface area contributed by atoms with Gasteiger partial charge in [-0.05, 0) is 47.9 Å². The Hall–Kier alpha value is -2.21. The molecule has 0 aliphatic carbocycles. The summed E-state index contributed by atoms with van der Waals surface area (Å²) in [5, 5.41) is 10.6. The molecule has 0 amide bonds. The minimum absolute atomic E-state index is 0.501. The highest BCUT2D eigenvalue weighted by atomic mass is 35.5. The number of nitrogens with one attached hydrogen (secondary N) is 2. The van der Waals surface area contributed by atoms with Crippen molar-refractivity contribution in [3.05, 3.63) is 65.7 Å². The predicted octanol–water partition coefficient (Wildman–Crippen LogP) is 5.91. The third-order valence-corrected chi connectivity index (χ3v) is 5.00. The summed E-state index contributed by atoms with van der Waals surface area (Å²) in [5.74, 6) is 0. The molecule has 0 saturated heterocycles. The van der Waals surface area contributed by atoms with Crippen molar-refractivity contribution in [3.8, 4) is 0 Å². The maximum atomic E-state index is 5.89. The van der Waals surface area contributed by atoms with Crippen LogP contribution in [-0.2, 0) is 0 Å². The molecule has 0 spiro atoms. The molecule has 0 saturated carbocycles. The maximum Gasteiger partial charge on any atom is 0.190 e. The van der Waals surface area contributed by atoms with Crippen molar-refractivity contribution in [1.29, 1.82) is 0 Å². The van der Waals surface area contributed by atoms with Crippen LogP contribution in [0.3, 0.4) is 0 Å². The van der Waals surface area contributed by atoms with E-state index < -0.39 is 0 Å². The van der Waals surface area contributed by atoms with Crippen molar-refractivity contribution in [1.82, 2.24) is 4.98 Å². The molecule has 1 heterocycles. The van der Waals surface area contributed by atoms with E-state index in [1.54, 1.807) is 11.3 Å². The van der Waals surface area contributed by atoms with Crippen molar-refractivity contribution in [2.24, 2.45) is 0 Å². The summed E-state index contributed by atoms with van der Waals surface area (Å²) in [6.45, 7) is 0. The molecular formula is C18H12ClN3S2. The molecule has 3 aromatic carbocycles. The van der Waals surface area contributed by atoms with Crippen LogP contribution in [-0.4, -0.2) is 10.1 Å². The van der Waals surface area contributed by atoms with E-state index in [2.05, 4.69) is 34.9 Å². The number of anilines is 2. The van der Waals surface area contributed by atoms with Crippen LogP contribution in [0.15, 0.2) is 60.7 Å². The summed E-state index contributed by atoms with van der Waals surface area (Å²) in [7, 11) is 0. The largest absolute Gasteiger partial charge is 0.332 e. The molecule has 0 aliphatic heterocycles. The van der Waals surface area contributed by atoms with E-state index in [0.717, 1.165) is 26.4 Å². The molecule has 4 aromatic rings. The van der Waals surface area contributed by atoms with Crippen LogP contribution in [0.4, 0.5) is 10.8 Å². The Morgan fingerprint density at radius 2 is 1.75 bits per heavy atom. The van der Waals surface area contributed by atoms with Crippen molar-refractivity contribution in [2.75, 3.05) is 10.6 Å².